The van der Waals surface area contributed by atoms with Crippen molar-refractivity contribution in [2.45, 2.75) is 25.4 Å². The van der Waals surface area contributed by atoms with Gasteiger partial charge in [-0.2, -0.15) is 4.98 Å². The number of pyridine rings is 1. The lowest BCUT2D eigenvalue weighted by molar-refractivity contribution is 0.201. The topological polar surface area (TPSA) is 61.5 Å². The van der Waals surface area contributed by atoms with Crippen LogP contribution in [0, 0.1) is 0 Å². The van der Waals surface area contributed by atoms with Gasteiger partial charge in [-0.15, -0.1) is 0 Å². The molecule has 1 atom stereocenters. The van der Waals surface area contributed by atoms with Gasteiger partial charge < -0.3 is 14.3 Å². The fourth-order valence-corrected chi connectivity index (χ4v) is 4.47. The van der Waals surface area contributed by atoms with E-state index in [9.17, 15) is 0 Å². The van der Waals surface area contributed by atoms with E-state index >= 15 is 0 Å². The molecule has 3 aromatic rings. The Morgan fingerprint density at radius 2 is 1.84 bits per heavy atom. The highest BCUT2D eigenvalue weighted by molar-refractivity contribution is 6.30. The summed E-state index contributed by atoms with van der Waals surface area (Å²) in [6.45, 7) is 5.99. The van der Waals surface area contributed by atoms with Crippen LogP contribution in [0.25, 0.3) is 11.4 Å². The van der Waals surface area contributed by atoms with Gasteiger partial charge in [0, 0.05) is 49.5 Å². The summed E-state index contributed by atoms with van der Waals surface area (Å²) in [4.78, 5) is 16.4. The first-order chi connectivity index (χ1) is 15.2. The number of hydrogen-bond acceptors (Lipinski definition) is 7. The van der Waals surface area contributed by atoms with E-state index in [4.69, 9.17) is 21.1 Å². The number of aromatic nitrogens is 3. The van der Waals surface area contributed by atoms with E-state index < -0.39 is 0 Å². The quantitative estimate of drug-likeness (QED) is 0.599. The third kappa shape index (κ3) is 4.59. The average molecular weight is 439 g/mol. The van der Waals surface area contributed by atoms with Gasteiger partial charge in [0.05, 0.1) is 6.04 Å². The molecule has 7 nitrogen and oxygen atoms in total. The fourth-order valence-electron chi connectivity index (χ4n) is 4.35. The first kappa shape index (κ1) is 20.4. The second-order valence-corrected chi connectivity index (χ2v) is 8.84. The van der Waals surface area contributed by atoms with Gasteiger partial charge in [-0.25, -0.2) is 4.98 Å². The highest BCUT2D eigenvalue weighted by Crippen LogP contribution is 2.33. The van der Waals surface area contributed by atoms with Crippen LogP contribution in [0.3, 0.4) is 0 Å². The molecular formula is C23H27ClN6O. The maximum Gasteiger partial charge on any atom is 0.244 e. The van der Waals surface area contributed by atoms with Crippen LogP contribution in [0.4, 0.5) is 5.82 Å². The normalized spacial score (nSPS) is 20.5. The summed E-state index contributed by atoms with van der Waals surface area (Å²) in [5.41, 5.74) is 2.12. The molecule has 0 aliphatic carbocycles. The van der Waals surface area contributed by atoms with Crippen LogP contribution in [0.2, 0.25) is 5.02 Å². The molecule has 1 aromatic carbocycles. The Balaban J connectivity index is 1.27. The summed E-state index contributed by atoms with van der Waals surface area (Å²) >= 11 is 6.02. The molecule has 2 saturated heterocycles. The molecule has 31 heavy (non-hydrogen) atoms. The zero-order valence-electron chi connectivity index (χ0n) is 17.7. The smallest absolute Gasteiger partial charge is 0.244 e. The minimum absolute atomic E-state index is 0.148. The largest absolute Gasteiger partial charge is 0.354 e. The Bertz CT molecular complexity index is 998. The zero-order chi connectivity index (χ0) is 21.2. The third-order valence-electron chi connectivity index (χ3n) is 6.22. The zero-order valence-corrected chi connectivity index (χ0v) is 18.5. The van der Waals surface area contributed by atoms with Gasteiger partial charge >= 0.3 is 0 Å². The number of halogens is 1. The highest BCUT2D eigenvalue weighted by Gasteiger charge is 2.31. The van der Waals surface area contributed by atoms with Gasteiger partial charge in [-0.1, -0.05) is 28.9 Å². The predicted molar refractivity (Wildman–Crippen MR) is 121 cm³/mol. The molecule has 2 aromatic heterocycles. The highest BCUT2D eigenvalue weighted by atomic mass is 35.5. The molecule has 0 amide bonds. The van der Waals surface area contributed by atoms with E-state index in [0.29, 0.717) is 11.7 Å². The monoisotopic (exact) mass is 438 g/mol. The van der Waals surface area contributed by atoms with Crippen molar-refractivity contribution < 1.29 is 4.52 Å². The Labute approximate surface area is 187 Å². The van der Waals surface area contributed by atoms with Crippen LogP contribution in [0.1, 0.15) is 30.3 Å². The number of nitrogens with zero attached hydrogens (tertiary/aromatic N) is 6. The van der Waals surface area contributed by atoms with Crippen LogP contribution >= 0.6 is 11.6 Å². The molecule has 2 fully saturated rings. The number of likely N-dealkylation sites (tertiary alicyclic amines) is 1. The summed E-state index contributed by atoms with van der Waals surface area (Å²) in [7, 11) is 2.16. The van der Waals surface area contributed by atoms with Gasteiger partial charge in [-0.3, -0.25) is 4.90 Å². The van der Waals surface area contributed by atoms with Crippen LogP contribution in [0.15, 0.2) is 47.1 Å². The van der Waals surface area contributed by atoms with Crippen LogP contribution < -0.4 is 4.90 Å². The minimum Gasteiger partial charge on any atom is -0.354 e. The summed E-state index contributed by atoms with van der Waals surface area (Å²) in [6.07, 6.45) is 4.00. The molecule has 8 heteroatoms. The second kappa shape index (κ2) is 8.94. The molecule has 0 saturated carbocycles. The van der Waals surface area contributed by atoms with E-state index in [-0.39, 0.29) is 6.04 Å². The molecular weight excluding hydrogens is 412 g/mol. The lowest BCUT2D eigenvalue weighted by Crippen LogP contribution is -2.44. The fraction of sp³-hybridized carbons (Fsp3) is 0.435. The van der Waals surface area contributed by atoms with Crippen molar-refractivity contribution in [1.82, 2.24) is 24.9 Å². The Hall–Kier alpha value is -2.48. The molecule has 2 aliphatic rings. The van der Waals surface area contributed by atoms with E-state index in [1.807, 2.05) is 24.4 Å². The summed E-state index contributed by atoms with van der Waals surface area (Å²) in [6, 6.07) is 12.3. The van der Waals surface area contributed by atoms with Crippen molar-refractivity contribution in [3.8, 4) is 11.4 Å². The van der Waals surface area contributed by atoms with E-state index in [2.05, 4.69) is 50.1 Å². The average Bonchev–Trinajstić information content (AvgIpc) is 3.46. The summed E-state index contributed by atoms with van der Waals surface area (Å²) < 4.78 is 5.68. The van der Waals surface area contributed by atoms with Crippen molar-refractivity contribution in [2.75, 3.05) is 44.7 Å². The predicted octanol–water partition coefficient (Wildman–Crippen LogP) is 3.87. The SMILES string of the molecule is CN1CCN(c2ccc(-c3noc(C4CCCN4Cc4ccc(Cl)cc4)n3)cn2)CC1. The molecule has 5 rings (SSSR count). The van der Waals surface area contributed by atoms with Gasteiger partial charge in [0.2, 0.25) is 11.7 Å². The number of piperazine rings is 1. The van der Waals surface area contributed by atoms with Gasteiger partial charge in [0.25, 0.3) is 0 Å². The lowest BCUT2D eigenvalue weighted by Gasteiger charge is -2.33. The maximum atomic E-state index is 6.02. The van der Waals surface area contributed by atoms with E-state index in [1.54, 1.807) is 0 Å². The van der Waals surface area contributed by atoms with E-state index in [1.165, 1.54) is 5.56 Å². The molecule has 1 unspecified atom stereocenters. The van der Waals surface area contributed by atoms with Crippen molar-refractivity contribution >= 4 is 17.4 Å². The number of anilines is 1. The summed E-state index contributed by atoms with van der Waals surface area (Å²) in [5, 5.41) is 5.01. The van der Waals surface area contributed by atoms with Gasteiger partial charge in [0.15, 0.2) is 0 Å². The number of hydrogen-bond donors (Lipinski definition) is 0. The Kier molecular flexibility index (Phi) is 5.89. The number of benzene rings is 1. The van der Waals surface area contributed by atoms with Gasteiger partial charge in [-0.05, 0) is 56.3 Å². The maximum absolute atomic E-state index is 6.02. The molecule has 162 valence electrons. The lowest BCUT2D eigenvalue weighted by atomic mass is 10.2. The van der Waals surface area contributed by atoms with Crippen molar-refractivity contribution in [2.24, 2.45) is 0 Å². The summed E-state index contributed by atoms with van der Waals surface area (Å²) in [5.74, 6) is 2.29. The number of likely N-dealkylation sites (N-methyl/N-ethyl adjacent to an activating group) is 1. The molecule has 0 spiro atoms. The van der Waals surface area contributed by atoms with Crippen LogP contribution in [-0.4, -0.2) is 64.7 Å². The molecule has 4 heterocycles. The van der Waals surface area contributed by atoms with Crippen LogP contribution in [-0.2, 0) is 6.54 Å². The molecule has 0 bridgehead atoms. The minimum atomic E-state index is 0.148. The van der Waals surface area contributed by atoms with Crippen LogP contribution in [0.5, 0.6) is 0 Å². The second-order valence-electron chi connectivity index (χ2n) is 8.41. The molecule has 2 aliphatic heterocycles. The van der Waals surface area contributed by atoms with E-state index in [0.717, 1.165) is 68.5 Å². The van der Waals surface area contributed by atoms with Crippen molar-refractivity contribution in [1.29, 1.82) is 0 Å². The van der Waals surface area contributed by atoms with Crippen molar-refractivity contribution in [3.05, 3.63) is 59.1 Å². The van der Waals surface area contributed by atoms with Gasteiger partial charge in [0.1, 0.15) is 5.82 Å². The first-order valence-corrected chi connectivity index (χ1v) is 11.3. The Morgan fingerprint density at radius 1 is 1.03 bits per heavy atom. The van der Waals surface area contributed by atoms with Crippen molar-refractivity contribution in [3.63, 3.8) is 0 Å². The third-order valence-corrected chi connectivity index (χ3v) is 6.47. The number of rotatable bonds is 5. The first-order valence-electron chi connectivity index (χ1n) is 10.9. The molecule has 0 N–H and O–H groups in total. The standard InChI is InChI=1S/C23H27ClN6O/c1-28-11-13-29(14-12-28)21-9-6-18(15-25-21)22-26-23(31-27-22)20-3-2-10-30(20)16-17-4-7-19(24)8-5-17/h4-9,15,20H,2-3,10-14,16H2,1H3. The molecule has 0 radical (unpaired) electrons. The Morgan fingerprint density at radius 3 is 2.58 bits per heavy atom.